The normalized spacial score (nSPS) is 12.7. The van der Waals surface area contributed by atoms with Gasteiger partial charge in [0.2, 0.25) is 5.95 Å². The summed E-state index contributed by atoms with van der Waals surface area (Å²) < 4.78 is 5.80. The van der Waals surface area contributed by atoms with E-state index in [4.69, 9.17) is 19.9 Å². The molecule has 0 saturated heterocycles. The maximum Gasteiger partial charge on any atom is 0.238 e. The number of nitrogens with zero attached hydrogens (tertiary/aromatic N) is 6. The summed E-state index contributed by atoms with van der Waals surface area (Å²) in [5.74, 6) is 1.81. The number of allylic oxidation sites excluding steroid dienone is 1. The number of hydrogen-bond donors (Lipinski definition) is 0. The lowest BCUT2D eigenvalue weighted by Crippen LogP contribution is -2.07. The summed E-state index contributed by atoms with van der Waals surface area (Å²) >= 11 is 1.73. The van der Waals surface area contributed by atoms with E-state index in [-0.39, 0.29) is 0 Å². The van der Waals surface area contributed by atoms with Gasteiger partial charge in [0, 0.05) is 27.3 Å². The van der Waals surface area contributed by atoms with Crippen LogP contribution >= 0.6 is 11.3 Å². The van der Waals surface area contributed by atoms with Crippen molar-refractivity contribution < 1.29 is 0 Å². The lowest BCUT2D eigenvalue weighted by molar-refractivity contribution is 0.949. The molecular formula is C46H30N6S. The summed E-state index contributed by atoms with van der Waals surface area (Å²) in [7, 11) is 0. The van der Waals surface area contributed by atoms with Gasteiger partial charge in [0.05, 0.1) is 32.5 Å². The van der Waals surface area contributed by atoms with Crippen molar-refractivity contribution in [3.63, 3.8) is 0 Å². The number of thiazole rings is 1. The fourth-order valence-corrected chi connectivity index (χ4v) is 8.89. The first-order valence-corrected chi connectivity index (χ1v) is 18.7. The Morgan fingerprint density at radius 2 is 1.19 bits per heavy atom. The molecule has 11 rings (SSSR count). The molecule has 0 aliphatic heterocycles. The zero-order chi connectivity index (χ0) is 34.9. The number of rotatable bonds is 5. The summed E-state index contributed by atoms with van der Waals surface area (Å²) in [5.41, 5.74) is 10.9. The molecule has 0 radical (unpaired) electrons. The Bertz CT molecular complexity index is 3030. The van der Waals surface area contributed by atoms with Crippen LogP contribution in [-0.4, -0.2) is 29.1 Å². The van der Waals surface area contributed by atoms with Crippen LogP contribution in [0.15, 0.2) is 152 Å². The minimum absolute atomic E-state index is 0.572. The van der Waals surface area contributed by atoms with Gasteiger partial charge in [-0.2, -0.15) is 9.97 Å². The lowest BCUT2D eigenvalue weighted by atomic mass is 10.00. The Kier molecular flexibility index (Phi) is 6.75. The first-order valence-electron chi connectivity index (χ1n) is 17.9. The molecule has 0 fully saturated rings. The van der Waals surface area contributed by atoms with E-state index in [9.17, 15) is 0 Å². The van der Waals surface area contributed by atoms with Crippen LogP contribution in [0.1, 0.15) is 17.7 Å². The Morgan fingerprint density at radius 1 is 0.509 bits per heavy atom. The second kappa shape index (κ2) is 11.9. The second-order valence-electron chi connectivity index (χ2n) is 13.4. The highest BCUT2D eigenvalue weighted by Crippen LogP contribution is 2.43. The average Bonchev–Trinajstić information content (AvgIpc) is 3.91. The third-order valence-electron chi connectivity index (χ3n) is 10.3. The summed E-state index contributed by atoms with van der Waals surface area (Å²) in [6, 6.07) is 50.7. The first-order chi connectivity index (χ1) is 26.3. The fraction of sp³-hybridized carbons (Fsp3) is 0.0435. The Balaban J connectivity index is 1.25. The largest absolute Gasteiger partial charge is 0.283 e. The Labute approximate surface area is 309 Å². The molecule has 1 aliphatic carbocycles. The van der Waals surface area contributed by atoms with Gasteiger partial charge in [-0.25, -0.2) is 9.97 Å². The minimum Gasteiger partial charge on any atom is -0.283 e. The molecule has 1 aliphatic rings. The Morgan fingerprint density at radius 3 is 2.04 bits per heavy atom. The SMILES string of the molecule is C1=Cc2c(c3ccc4c5ccccc5n(-c5nc(-c6ccccc6)nc(-c6cccc(-c7ccccc7)c6)n5)c4c3n2-c2nc3ccccc3s2)CC1. The van der Waals surface area contributed by atoms with Crippen molar-refractivity contribution in [2.45, 2.75) is 12.8 Å². The highest BCUT2D eigenvalue weighted by Gasteiger charge is 2.27. The summed E-state index contributed by atoms with van der Waals surface area (Å²) in [6.07, 6.45) is 6.54. The monoisotopic (exact) mass is 698 g/mol. The quantitative estimate of drug-likeness (QED) is 0.179. The first kappa shape index (κ1) is 30.0. The van der Waals surface area contributed by atoms with E-state index in [2.05, 4.69) is 143 Å². The van der Waals surface area contributed by atoms with Crippen LogP contribution in [0, 0.1) is 0 Å². The van der Waals surface area contributed by atoms with Gasteiger partial charge < -0.3 is 0 Å². The van der Waals surface area contributed by atoms with Crippen LogP contribution < -0.4 is 0 Å². The van der Waals surface area contributed by atoms with Gasteiger partial charge in [-0.15, -0.1) is 0 Å². The third-order valence-corrected chi connectivity index (χ3v) is 11.3. The van der Waals surface area contributed by atoms with Gasteiger partial charge in [-0.05, 0) is 59.9 Å². The zero-order valence-electron chi connectivity index (χ0n) is 28.5. The van der Waals surface area contributed by atoms with Gasteiger partial charge in [0.25, 0.3) is 0 Å². The molecule has 0 amide bonds. The molecule has 6 aromatic carbocycles. The lowest BCUT2D eigenvalue weighted by Gasteiger charge is -2.13. The molecular weight excluding hydrogens is 669 g/mol. The highest BCUT2D eigenvalue weighted by molar-refractivity contribution is 7.20. The van der Waals surface area contributed by atoms with Crippen LogP contribution in [0.4, 0.5) is 0 Å². The maximum atomic E-state index is 5.34. The van der Waals surface area contributed by atoms with Gasteiger partial charge in [-0.1, -0.05) is 139 Å². The molecule has 0 atom stereocenters. The van der Waals surface area contributed by atoms with Crippen LogP contribution in [0.5, 0.6) is 0 Å². The van der Waals surface area contributed by atoms with E-state index in [0.29, 0.717) is 17.6 Å². The van der Waals surface area contributed by atoms with E-state index in [0.717, 1.165) is 77.8 Å². The van der Waals surface area contributed by atoms with Gasteiger partial charge >= 0.3 is 0 Å². The molecule has 6 nitrogen and oxygen atoms in total. The number of aryl methyl sites for hydroxylation is 1. The fourth-order valence-electron chi connectivity index (χ4n) is 7.90. The van der Waals surface area contributed by atoms with Crippen molar-refractivity contribution in [2.75, 3.05) is 0 Å². The van der Waals surface area contributed by atoms with Crippen LogP contribution in [-0.2, 0) is 6.42 Å². The average molecular weight is 699 g/mol. The van der Waals surface area contributed by atoms with E-state index >= 15 is 0 Å². The van der Waals surface area contributed by atoms with Crippen LogP contribution in [0.2, 0.25) is 0 Å². The summed E-state index contributed by atoms with van der Waals surface area (Å²) in [4.78, 5) is 21.0. The zero-order valence-corrected chi connectivity index (χ0v) is 29.3. The molecule has 7 heteroatoms. The standard InChI is InChI=1S/C46H30N6S/c1-3-14-29(15-4-1)31-18-13-19-32(28-31)44-48-43(30-16-5-2-6-17-30)49-45(50-44)51-38-23-10-7-20-33(38)35-26-27-36-34-21-8-11-24-39(34)52(42(36)41(35)51)46-47-37-22-9-12-25-40(37)53-46/h1-7,9-20,22-28H,8,21H2. The van der Waals surface area contributed by atoms with E-state index in [1.807, 2.05) is 24.3 Å². The molecule has 10 aromatic rings. The third kappa shape index (κ3) is 4.78. The van der Waals surface area contributed by atoms with Gasteiger partial charge in [0.1, 0.15) is 0 Å². The highest BCUT2D eigenvalue weighted by atomic mass is 32.1. The van der Waals surface area contributed by atoms with Gasteiger partial charge in [0.15, 0.2) is 16.8 Å². The maximum absolute atomic E-state index is 5.34. The topological polar surface area (TPSA) is 61.4 Å². The van der Waals surface area contributed by atoms with Crippen molar-refractivity contribution >= 4 is 60.3 Å². The predicted molar refractivity (Wildman–Crippen MR) is 218 cm³/mol. The number of benzene rings is 6. The molecule has 4 aromatic heterocycles. The van der Waals surface area contributed by atoms with Crippen molar-refractivity contribution in [3.8, 4) is 45.0 Å². The minimum atomic E-state index is 0.572. The smallest absolute Gasteiger partial charge is 0.238 e. The predicted octanol–water partition coefficient (Wildman–Crippen LogP) is 11.5. The van der Waals surface area contributed by atoms with E-state index in [1.54, 1.807) is 11.3 Å². The van der Waals surface area contributed by atoms with Crippen molar-refractivity contribution in [1.82, 2.24) is 29.1 Å². The molecule has 53 heavy (non-hydrogen) atoms. The molecule has 4 heterocycles. The van der Waals surface area contributed by atoms with Crippen LogP contribution in [0.3, 0.4) is 0 Å². The molecule has 0 N–H and O–H groups in total. The van der Waals surface area contributed by atoms with Crippen molar-refractivity contribution in [1.29, 1.82) is 0 Å². The molecule has 0 saturated carbocycles. The number of aromatic nitrogens is 6. The number of para-hydroxylation sites is 2. The van der Waals surface area contributed by atoms with Crippen molar-refractivity contribution in [2.24, 2.45) is 0 Å². The van der Waals surface area contributed by atoms with Crippen molar-refractivity contribution in [3.05, 3.63) is 163 Å². The molecule has 250 valence electrons. The molecule has 0 spiro atoms. The second-order valence-corrected chi connectivity index (χ2v) is 14.4. The van der Waals surface area contributed by atoms with E-state index in [1.165, 1.54) is 16.6 Å². The Hall–Kier alpha value is -6.70. The summed E-state index contributed by atoms with van der Waals surface area (Å²) in [5, 5.41) is 4.47. The molecule has 0 unspecified atom stereocenters. The van der Waals surface area contributed by atoms with E-state index < -0.39 is 0 Å². The van der Waals surface area contributed by atoms with Crippen LogP contribution in [0.25, 0.3) is 94.0 Å². The summed E-state index contributed by atoms with van der Waals surface area (Å²) in [6.45, 7) is 0. The van der Waals surface area contributed by atoms with Gasteiger partial charge in [-0.3, -0.25) is 9.13 Å². The molecule has 0 bridgehead atoms. The number of hydrogen-bond acceptors (Lipinski definition) is 5. The number of fused-ring (bicyclic) bond motifs is 8.